The van der Waals surface area contributed by atoms with Crippen molar-refractivity contribution in [2.75, 3.05) is 12.4 Å². The maximum absolute atomic E-state index is 4.51. The first kappa shape index (κ1) is 12.0. The Bertz CT molecular complexity index is 411. The smallest absolute Gasteiger partial charge is 0.0853 e. The van der Waals surface area contributed by atoms with Crippen molar-refractivity contribution in [1.82, 2.24) is 14.7 Å². The molecule has 2 unspecified atom stereocenters. The lowest BCUT2D eigenvalue weighted by Crippen LogP contribution is -2.44. The minimum atomic E-state index is 0.633. The molecule has 0 amide bonds. The fourth-order valence-corrected chi connectivity index (χ4v) is 3.67. The molecule has 3 rings (SSSR count). The molecule has 2 fully saturated rings. The van der Waals surface area contributed by atoms with Crippen LogP contribution in [0.4, 0.5) is 5.69 Å². The van der Waals surface area contributed by atoms with Crippen molar-refractivity contribution >= 4 is 5.69 Å². The SMILES string of the molecule is CCc1nn(C)cc1NC1CC2CCC(C1)N2C. The third-order valence-electron chi connectivity index (χ3n) is 4.70. The summed E-state index contributed by atoms with van der Waals surface area (Å²) in [5, 5.41) is 8.24. The van der Waals surface area contributed by atoms with Crippen LogP contribution in [0.3, 0.4) is 0 Å². The summed E-state index contributed by atoms with van der Waals surface area (Å²) in [6.45, 7) is 2.17. The van der Waals surface area contributed by atoms with E-state index >= 15 is 0 Å². The summed E-state index contributed by atoms with van der Waals surface area (Å²) in [5.41, 5.74) is 2.44. The monoisotopic (exact) mass is 248 g/mol. The first-order valence-corrected chi connectivity index (χ1v) is 7.18. The van der Waals surface area contributed by atoms with Gasteiger partial charge in [-0.2, -0.15) is 5.10 Å². The Morgan fingerprint density at radius 2 is 1.94 bits per heavy atom. The van der Waals surface area contributed by atoms with Gasteiger partial charge in [-0.25, -0.2) is 0 Å². The number of nitrogens with one attached hydrogen (secondary N) is 1. The van der Waals surface area contributed by atoms with Gasteiger partial charge in [0.25, 0.3) is 0 Å². The van der Waals surface area contributed by atoms with E-state index in [1.165, 1.54) is 37.1 Å². The molecular formula is C14H24N4. The van der Waals surface area contributed by atoms with Crippen molar-refractivity contribution in [3.8, 4) is 0 Å². The van der Waals surface area contributed by atoms with Gasteiger partial charge in [0, 0.05) is 31.4 Å². The van der Waals surface area contributed by atoms with Gasteiger partial charge in [0.15, 0.2) is 0 Å². The highest BCUT2D eigenvalue weighted by Crippen LogP contribution is 2.35. The van der Waals surface area contributed by atoms with Crippen LogP contribution in [-0.2, 0) is 13.5 Å². The molecule has 4 nitrogen and oxygen atoms in total. The Labute approximate surface area is 109 Å². The molecule has 2 saturated heterocycles. The van der Waals surface area contributed by atoms with Gasteiger partial charge in [-0.05, 0) is 39.2 Å². The maximum Gasteiger partial charge on any atom is 0.0853 e. The molecule has 2 bridgehead atoms. The Morgan fingerprint density at radius 1 is 1.28 bits per heavy atom. The predicted octanol–water partition coefficient (Wildman–Crippen LogP) is 2.02. The molecule has 0 radical (unpaired) electrons. The van der Waals surface area contributed by atoms with Crippen molar-refractivity contribution in [1.29, 1.82) is 0 Å². The topological polar surface area (TPSA) is 33.1 Å². The zero-order valence-corrected chi connectivity index (χ0v) is 11.7. The van der Waals surface area contributed by atoms with Gasteiger partial charge in [0.2, 0.25) is 0 Å². The van der Waals surface area contributed by atoms with Crippen LogP contribution in [0.1, 0.15) is 38.3 Å². The summed E-state index contributed by atoms with van der Waals surface area (Å²) in [7, 11) is 4.29. The van der Waals surface area contributed by atoms with Gasteiger partial charge in [-0.1, -0.05) is 6.92 Å². The van der Waals surface area contributed by atoms with Gasteiger partial charge in [0.05, 0.1) is 11.4 Å². The number of hydrogen-bond acceptors (Lipinski definition) is 3. The van der Waals surface area contributed by atoms with Crippen molar-refractivity contribution in [3.05, 3.63) is 11.9 Å². The quantitative estimate of drug-likeness (QED) is 0.888. The maximum atomic E-state index is 4.51. The van der Waals surface area contributed by atoms with Crippen LogP contribution in [0.25, 0.3) is 0 Å². The highest BCUT2D eigenvalue weighted by molar-refractivity contribution is 5.47. The first-order chi connectivity index (χ1) is 8.67. The number of hydrogen-bond donors (Lipinski definition) is 1. The third kappa shape index (κ3) is 2.03. The van der Waals surface area contributed by atoms with Crippen LogP contribution in [0.2, 0.25) is 0 Å². The van der Waals surface area contributed by atoms with E-state index in [-0.39, 0.29) is 0 Å². The Kier molecular flexibility index (Phi) is 3.06. The second-order valence-corrected chi connectivity index (χ2v) is 5.88. The van der Waals surface area contributed by atoms with Crippen LogP contribution >= 0.6 is 0 Å². The number of nitrogens with zero attached hydrogens (tertiary/aromatic N) is 3. The highest BCUT2D eigenvalue weighted by atomic mass is 15.3. The minimum Gasteiger partial charge on any atom is -0.379 e. The van der Waals surface area contributed by atoms with Gasteiger partial charge in [-0.3, -0.25) is 4.68 Å². The third-order valence-corrected chi connectivity index (χ3v) is 4.70. The number of aromatic nitrogens is 2. The minimum absolute atomic E-state index is 0.633. The molecule has 0 spiro atoms. The van der Waals surface area contributed by atoms with Crippen molar-refractivity contribution in [2.24, 2.45) is 7.05 Å². The van der Waals surface area contributed by atoms with Crippen LogP contribution in [0.5, 0.6) is 0 Å². The molecule has 2 atom stereocenters. The number of fused-ring (bicyclic) bond motifs is 2. The highest BCUT2D eigenvalue weighted by Gasteiger charge is 2.38. The van der Waals surface area contributed by atoms with Crippen LogP contribution in [0, 0.1) is 0 Å². The summed E-state index contributed by atoms with van der Waals surface area (Å²) in [6, 6.07) is 2.22. The Balaban J connectivity index is 1.70. The second kappa shape index (κ2) is 4.57. The molecule has 0 aliphatic carbocycles. The molecule has 4 heteroatoms. The molecule has 1 aromatic rings. The molecular weight excluding hydrogens is 224 g/mol. The Morgan fingerprint density at radius 3 is 2.56 bits per heavy atom. The molecule has 18 heavy (non-hydrogen) atoms. The molecule has 1 N–H and O–H groups in total. The van der Waals surface area contributed by atoms with E-state index in [9.17, 15) is 0 Å². The zero-order chi connectivity index (χ0) is 12.7. The molecule has 0 saturated carbocycles. The van der Waals surface area contributed by atoms with E-state index in [2.05, 4.69) is 35.5 Å². The standard InChI is InChI=1S/C14H24N4/c1-4-13-14(9-17(2)16-13)15-10-7-11-5-6-12(8-10)18(11)3/h9-12,15H,4-8H2,1-3H3. The lowest BCUT2D eigenvalue weighted by atomic mass is 9.98. The number of piperidine rings is 1. The van der Waals surface area contributed by atoms with Crippen molar-refractivity contribution in [2.45, 2.75) is 57.2 Å². The lowest BCUT2D eigenvalue weighted by Gasteiger charge is -2.37. The largest absolute Gasteiger partial charge is 0.379 e. The molecule has 3 heterocycles. The van der Waals surface area contributed by atoms with Crippen molar-refractivity contribution < 1.29 is 0 Å². The Hall–Kier alpha value is -1.03. The first-order valence-electron chi connectivity index (χ1n) is 7.18. The summed E-state index contributed by atoms with van der Waals surface area (Å²) in [4.78, 5) is 2.59. The number of anilines is 1. The van der Waals surface area contributed by atoms with Gasteiger partial charge in [0.1, 0.15) is 0 Å². The van der Waals surface area contributed by atoms with Gasteiger partial charge in [-0.15, -0.1) is 0 Å². The fourth-order valence-electron chi connectivity index (χ4n) is 3.67. The van der Waals surface area contributed by atoms with E-state index in [0.717, 1.165) is 18.5 Å². The van der Waals surface area contributed by atoms with E-state index in [4.69, 9.17) is 0 Å². The normalized spacial score (nSPS) is 31.8. The summed E-state index contributed by atoms with van der Waals surface area (Å²) >= 11 is 0. The van der Waals surface area contributed by atoms with Gasteiger partial charge < -0.3 is 10.2 Å². The van der Waals surface area contributed by atoms with Crippen molar-refractivity contribution in [3.63, 3.8) is 0 Å². The molecule has 0 aromatic carbocycles. The number of aryl methyl sites for hydroxylation is 2. The second-order valence-electron chi connectivity index (χ2n) is 5.88. The lowest BCUT2D eigenvalue weighted by molar-refractivity contribution is 0.169. The average molecular weight is 248 g/mol. The van der Waals surface area contributed by atoms with Crippen LogP contribution in [0.15, 0.2) is 6.20 Å². The summed E-state index contributed by atoms with van der Waals surface area (Å²) in [5.74, 6) is 0. The van der Waals surface area contributed by atoms with E-state index in [0.29, 0.717) is 6.04 Å². The van der Waals surface area contributed by atoms with Crippen LogP contribution < -0.4 is 5.32 Å². The number of rotatable bonds is 3. The summed E-state index contributed by atoms with van der Waals surface area (Å²) in [6.07, 6.45) is 8.46. The molecule has 100 valence electrons. The van der Waals surface area contributed by atoms with E-state index in [1.807, 2.05) is 11.7 Å². The van der Waals surface area contributed by atoms with E-state index < -0.39 is 0 Å². The fraction of sp³-hybridized carbons (Fsp3) is 0.786. The van der Waals surface area contributed by atoms with E-state index in [1.54, 1.807) is 0 Å². The predicted molar refractivity (Wildman–Crippen MR) is 73.8 cm³/mol. The molecule has 1 aromatic heterocycles. The van der Waals surface area contributed by atoms with Crippen LogP contribution in [-0.4, -0.2) is 39.9 Å². The summed E-state index contributed by atoms with van der Waals surface area (Å²) < 4.78 is 1.92. The van der Waals surface area contributed by atoms with Gasteiger partial charge >= 0.3 is 0 Å². The average Bonchev–Trinajstić information content (AvgIpc) is 2.77. The molecule has 2 aliphatic heterocycles. The molecule has 2 aliphatic rings. The zero-order valence-electron chi connectivity index (χ0n) is 11.7.